The van der Waals surface area contributed by atoms with E-state index in [9.17, 15) is 0 Å². The summed E-state index contributed by atoms with van der Waals surface area (Å²) in [4.78, 5) is 5.84. The molecule has 2 N–H and O–H groups in total. The number of benzene rings is 1. The lowest BCUT2D eigenvalue weighted by Crippen LogP contribution is -2.15. The van der Waals surface area contributed by atoms with E-state index >= 15 is 0 Å². The van der Waals surface area contributed by atoms with Crippen LogP contribution in [-0.2, 0) is 0 Å². The number of rotatable bonds is 2. The van der Waals surface area contributed by atoms with Crippen molar-refractivity contribution in [1.82, 2.24) is 4.98 Å². The zero-order valence-corrected chi connectivity index (χ0v) is 12.5. The van der Waals surface area contributed by atoms with Crippen LogP contribution in [0.3, 0.4) is 0 Å². The molecule has 1 atom stereocenters. The standard InChI is InChI=1S/C15H20N2S/c1-8-6-9(2)13(10(3)7-8)14(16)15-17-11(4)12(5)18-15/h6-7,14H,16H2,1-5H3. The summed E-state index contributed by atoms with van der Waals surface area (Å²) in [6, 6.07) is 4.27. The summed E-state index contributed by atoms with van der Waals surface area (Å²) >= 11 is 1.70. The first-order chi connectivity index (χ1) is 8.40. The third-order valence-corrected chi connectivity index (χ3v) is 4.52. The molecule has 18 heavy (non-hydrogen) atoms. The molecule has 1 unspecified atom stereocenters. The van der Waals surface area contributed by atoms with Gasteiger partial charge in [-0.3, -0.25) is 0 Å². The van der Waals surface area contributed by atoms with E-state index in [1.807, 2.05) is 6.92 Å². The summed E-state index contributed by atoms with van der Waals surface area (Å²) in [7, 11) is 0. The van der Waals surface area contributed by atoms with Gasteiger partial charge in [-0.05, 0) is 51.3 Å². The molecule has 0 radical (unpaired) electrons. The average Bonchev–Trinajstić information content (AvgIpc) is 2.57. The normalized spacial score (nSPS) is 12.8. The molecular formula is C15H20N2S. The molecule has 1 aromatic heterocycles. The summed E-state index contributed by atoms with van der Waals surface area (Å²) in [6.07, 6.45) is 0. The molecule has 0 amide bonds. The van der Waals surface area contributed by atoms with Crippen LogP contribution in [0.25, 0.3) is 0 Å². The van der Waals surface area contributed by atoms with Crippen LogP contribution in [0, 0.1) is 34.6 Å². The van der Waals surface area contributed by atoms with Crippen molar-refractivity contribution in [3.8, 4) is 0 Å². The van der Waals surface area contributed by atoms with Crippen LogP contribution in [0.4, 0.5) is 0 Å². The van der Waals surface area contributed by atoms with Crippen molar-refractivity contribution in [1.29, 1.82) is 0 Å². The number of nitrogens with two attached hydrogens (primary N) is 1. The van der Waals surface area contributed by atoms with Crippen LogP contribution < -0.4 is 5.73 Å². The number of nitrogens with zero attached hydrogens (tertiary/aromatic N) is 1. The van der Waals surface area contributed by atoms with Gasteiger partial charge in [0.25, 0.3) is 0 Å². The molecule has 0 bridgehead atoms. The Balaban J connectivity index is 2.49. The minimum absolute atomic E-state index is 0.108. The van der Waals surface area contributed by atoms with Gasteiger partial charge in [0.1, 0.15) is 5.01 Å². The first kappa shape index (κ1) is 13.2. The minimum Gasteiger partial charge on any atom is -0.318 e. The summed E-state index contributed by atoms with van der Waals surface area (Å²) < 4.78 is 0. The Morgan fingerprint density at radius 2 is 1.61 bits per heavy atom. The quantitative estimate of drug-likeness (QED) is 0.893. The number of thiazole rings is 1. The fourth-order valence-electron chi connectivity index (χ4n) is 2.44. The number of hydrogen-bond acceptors (Lipinski definition) is 3. The van der Waals surface area contributed by atoms with Gasteiger partial charge in [0.05, 0.1) is 11.7 Å². The predicted molar refractivity (Wildman–Crippen MR) is 78.3 cm³/mol. The highest BCUT2D eigenvalue weighted by molar-refractivity contribution is 7.11. The van der Waals surface area contributed by atoms with Crippen molar-refractivity contribution >= 4 is 11.3 Å². The van der Waals surface area contributed by atoms with Gasteiger partial charge in [-0.25, -0.2) is 4.98 Å². The van der Waals surface area contributed by atoms with Gasteiger partial charge in [-0.1, -0.05) is 17.7 Å². The van der Waals surface area contributed by atoms with Crippen molar-refractivity contribution in [2.24, 2.45) is 5.73 Å². The molecule has 0 saturated carbocycles. The van der Waals surface area contributed by atoms with Gasteiger partial charge < -0.3 is 5.73 Å². The fourth-order valence-corrected chi connectivity index (χ4v) is 3.37. The molecule has 0 aliphatic rings. The van der Waals surface area contributed by atoms with Crippen molar-refractivity contribution in [3.05, 3.63) is 50.0 Å². The van der Waals surface area contributed by atoms with Crippen molar-refractivity contribution in [2.45, 2.75) is 40.7 Å². The Hall–Kier alpha value is -1.19. The molecule has 96 valence electrons. The lowest BCUT2D eigenvalue weighted by atomic mass is 9.95. The summed E-state index contributed by atoms with van der Waals surface area (Å²) in [5.41, 5.74) is 12.5. The third-order valence-electron chi connectivity index (χ3n) is 3.36. The first-order valence-corrected chi connectivity index (χ1v) is 6.99. The lowest BCUT2D eigenvalue weighted by molar-refractivity contribution is 0.833. The molecule has 1 aromatic carbocycles. The van der Waals surface area contributed by atoms with Crippen LogP contribution in [0.1, 0.15) is 43.9 Å². The van der Waals surface area contributed by atoms with E-state index in [2.05, 4.69) is 44.8 Å². The SMILES string of the molecule is Cc1cc(C)c(C(N)c2nc(C)c(C)s2)c(C)c1. The first-order valence-electron chi connectivity index (χ1n) is 6.17. The largest absolute Gasteiger partial charge is 0.318 e. The van der Waals surface area contributed by atoms with Gasteiger partial charge >= 0.3 is 0 Å². The molecule has 2 nitrogen and oxygen atoms in total. The zero-order valence-electron chi connectivity index (χ0n) is 11.7. The van der Waals surface area contributed by atoms with E-state index < -0.39 is 0 Å². The summed E-state index contributed by atoms with van der Waals surface area (Å²) in [6.45, 7) is 10.5. The van der Waals surface area contributed by atoms with E-state index in [1.54, 1.807) is 11.3 Å². The van der Waals surface area contributed by atoms with Gasteiger partial charge in [0.15, 0.2) is 0 Å². The van der Waals surface area contributed by atoms with E-state index in [1.165, 1.54) is 27.1 Å². The summed E-state index contributed by atoms with van der Waals surface area (Å²) in [5, 5.41) is 1.01. The lowest BCUT2D eigenvalue weighted by Gasteiger charge is -2.16. The molecule has 2 rings (SSSR count). The molecule has 1 heterocycles. The third kappa shape index (κ3) is 2.33. The number of aryl methyl sites for hydroxylation is 5. The van der Waals surface area contributed by atoms with Crippen LogP contribution in [-0.4, -0.2) is 4.98 Å². The molecule has 2 aromatic rings. The average molecular weight is 260 g/mol. The van der Waals surface area contributed by atoms with Gasteiger partial charge in [-0.15, -0.1) is 11.3 Å². The molecule has 0 spiro atoms. The van der Waals surface area contributed by atoms with Gasteiger partial charge in [-0.2, -0.15) is 0 Å². The molecule has 0 aliphatic carbocycles. The maximum atomic E-state index is 6.40. The Morgan fingerprint density at radius 3 is 2.06 bits per heavy atom. The van der Waals surface area contributed by atoms with E-state index in [0.717, 1.165) is 10.7 Å². The van der Waals surface area contributed by atoms with Crippen LogP contribution in [0.5, 0.6) is 0 Å². The van der Waals surface area contributed by atoms with Crippen LogP contribution >= 0.6 is 11.3 Å². The maximum absolute atomic E-state index is 6.40. The van der Waals surface area contributed by atoms with Crippen molar-refractivity contribution in [3.63, 3.8) is 0 Å². The molecular weight excluding hydrogens is 240 g/mol. The van der Waals surface area contributed by atoms with E-state index in [0.29, 0.717) is 0 Å². The van der Waals surface area contributed by atoms with Crippen LogP contribution in [0.15, 0.2) is 12.1 Å². The molecule has 0 fully saturated rings. The second kappa shape index (κ2) is 4.82. The fraction of sp³-hybridized carbons (Fsp3) is 0.400. The highest BCUT2D eigenvalue weighted by Crippen LogP contribution is 2.30. The monoisotopic (exact) mass is 260 g/mol. The minimum atomic E-state index is -0.108. The second-order valence-electron chi connectivity index (χ2n) is 4.98. The van der Waals surface area contributed by atoms with E-state index in [4.69, 9.17) is 5.73 Å². The molecule has 0 saturated heterocycles. The van der Waals surface area contributed by atoms with Crippen LogP contribution in [0.2, 0.25) is 0 Å². The van der Waals surface area contributed by atoms with Gasteiger partial charge in [0, 0.05) is 4.88 Å². The Labute approximate surface area is 113 Å². The maximum Gasteiger partial charge on any atom is 0.114 e. The summed E-state index contributed by atoms with van der Waals surface area (Å²) in [5.74, 6) is 0. The van der Waals surface area contributed by atoms with Gasteiger partial charge in [0.2, 0.25) is 0 Å². The highest BCUT2D eigenvalue weighted by atomic mass is 32.1. The predicted octanol–water partition coefficient (Wildman–Crippen LogP) is 3.73. The van der Waals surface area contributed by atoms with Crippen molar-refractivity contribution in [2.75, 3.05) is 0 Å². The van der Waals surface area contributed by atoms with Crippen molar-refractivity contribution < 1.29 is 0 Å². The molecule has 3 heteroatoms. The topological polar surface area (TPSA) is 38.9 Å². The highest BCUT2D eigenvalue weighted by Gasteiger charge is 2.18. The smallest absolute Gasteiger partial charge is 0.114 e. The number of hydrogen-bond donors (Lipinski definition) is 1. The zero-order chi connectivity index (χ0) is 13.4. The number of aromatic nitrogens is 1. The second-order valence-corrected chi connectivity index (χ2v) is 6.22. The Morgan fingerprint density at radius 1 is 1.06 bits per heavy atom. The molecule has 0 aliphatic heterocycles. The Bertz CT molecular complexity index is 542. The van der Waals surface area contributed by atoms with E-state index in [-0.39, 0.29) is 6.04 Å². The Kier molecular flexibility index (Phi) is 3.55.